The number of imide groups is 1. The van der Waals surface area contributed by atoms with Crippen molar-refractivity contribution in [1.82, 2.24) is 4.90 Å². The lowest BCUT2D eigenvalue weighted by molar-refractivity contribution is 0.0651. The predicted molar refractivity (Wildman–Crippen MR) is 69.7 cm³/mol. The third-order valence-corrected chi connectivity index (χ3v) is 3.43. The maximum Gasteiger partial charge on any atom is 0.261 e. The molecule has 1 aromatic carbocycles. The summed E-state index contributed by atoms with van der Waals surface area (Å²) >= 11 is 5.90. The van der Waals surface area contributed by atoms with Crippen LogP contribution >= 0.6 is 11.6 Å². The van der Waals surface area contributed by atoms with E-state index in [-0.39, 0.29) is 17.2 Å². The average Bonchev–Trinajstić information content (AvgIpc) is 2.64. The highest BCUT2D eigenvalue weighted by Gasteiger charge is 2.34. The Bertz CT molecular complexity index is 441. The van der Waals surface area contributed by atoms with Crippen molar-refractivity contribution in [2.24, 2.45) is 5.73 Å². The molecule has 4 nitrogen and oxygen atoms in total. The lowest BCUT2D eigenvalue weighted by Gasteiger charge is -2.14. The number of carbonyl (C=O) groups excluding carboxylic acids is 2. The summed E-state index contributed by atoms with van der Waals surface area (Å²) in [5, 5.41) is -0.0971. The van der Waals surface area contributed by atoms with Crippen LogP contribution in [0.4, 0.5) is 0 Å². The zero-order valence-corrected chi connectivity index (χ0v) is 10.7. The van der Waals surface area contributed by atoms with Gasteiger partial charge in [-0.05, 0) is 25.0 Å². The number of hydrogen-bond donors (Lipinski definition) is 1. The molecule has 1 heterocycles. The molecule has 0 saturated carbocycles. The van der Waals surface area contributed by atoms with Gasteiger partial charge in [-0.25, -0.2) is 0 Å². The molecule has 18 heavy (non-hydrogen) atoms. The van der Waals surface area contributed by atoms with Crippen LogP contribution < -0.4 is 5.73 Å². The van der Waals surface area contributed by atoms with Gasteiger partial charge in [0.05, 0.1) is 11.1 Å². The van der Waals surface area contributed by atoms with Crippen molar-refractivity contribution >= 4 is 23.4 Å². The predicted octanol–water partition coefficient (Wildman–Crippen LogP) is 1.63. The van der Waals surface area contributed by atoms with Gasteiger partial charge in [-0.15, -0.1) is 11.6 Å². The van der Waals surface area contributed by atoms with Crippen molar-refractivity contribution in [3.63, 3.8) is 0 Å². The largest absolute Gasteiger partial charge is 0.329 e. The molecule has 0 radical (unpaired) electrons. The van der Waals surface area contributed by atoms with Gasteiger partial charge in [0, 0.05) is 18.5 Å². The van der Waals surface area contributed by atoms with E-state index in [4.69, 9.17) is 17.3 Å². The van der Waals surface area contributed by atoms with Crippen molar-refractivity contribution in [2.45, 2.75) is 18.2 Å². The van der Waals surface area contributed by atoms with Gasteiger partial charge in [-0.3, -0.25) is 14.5 Å². The highest BCUT2D eigenvalue weighted by atomic mass is 35.5. The van der Waals surface area contributed by atoms with Gasteiger partial charge >= 0.3 is 0 Å². The molecule has 0 aromatic heterocycles. The van der Waals surface area contributed by atoms with Crippen LogP contribution in [-0.4, -0.2) is 35.2 Å². The Hall–Kier alpha value is -1.39. The number of benzene rings is 1. The molecule has 1 atom stereocenters. The molecule has 2 N–H and O–H groups in total. The minimum Gasteiger partial charge on any atom is -0.329 e. The SMILES string of the molecule is NCC(Cl)CCCN1C(=O)c2ccccc2C1=O. The number of halogens is 1. The molecule has 0 aliphatic carbocycles. The molecule has 96 valence electrons. The number of fused-ring (bicyclic) bond motifs is 1. The van der Waals surface area contributed by atoms with Crippen molar-refractivity contribution in [2.75, 3.05) is 13.1 Å². The van der Waals surface area contributed by atoms with Crippen LogP contribution in [0.3, 0.4) is 0 Å². The van der Waals surface area contributed by atoms with E-state index >= 15 is 0 Å². The number of alkyl halides is 1. The summed E-state index contributed by atoms with van der Waals surface area (Å²) < 4.78 is 0. The summed E-state index contributed by atoms with van der Waals surface area (Å²) in [7, 11) is 0. The first-order chi connectivity index (χ1) is 8.65. The van der Waals surface area contributed by atoms with E-state index in [1.807, 2.05) is 0 Å². The van der Waals surface area contributed by atoms with Gasteiger partial charge in [0.15, 0.2) is 0 Å². The second-order valence-corrected chi connectivity index (χ2v) is 4.90. The molecule has 0 fully saturated rings. The van der Waals surface area contributed by atoms with E-state index in [2.05, 4.69) is 0 Å². The molecule has 2 amide bonds. The van der Waals surface area contributed by atoms with Crippen molar-refractivity contribution in [3.05, 3.63) is 35.4 Å². The van der Waals surface area contributed by atoms with Crippen LogP contribution in [0.15, 0.2) is 24.3 Å². The Morgan fingerprint density at radius 3 is 2.22 bits per heavy atom. The maximum absolute atomic E-state index is 12.0. The smallest absolute Gasteiger partial charge is 0.261 e. The molecule has 0 saturated heterocycles. The second-order valence-electron chi connectivity index (χ2n) is 4.28. The quantitative estimate of drug-likeness (QED) is 0.651. The average molecular weight is 267 g/mol. The van der Waals surface area contributed by atoms with Crippen LogP contribution in [0, 0.1) is 0 Å². The fraction of sp³-hybridized carbons (Fsp3) is 0.385. The second kappa shape index (κ2) is 5.50. The molecule has 1 aromatic rings. The summed E-state index contributed by atoms with van der Waals surface area (Å²) in [5.41, 5.74) is 6.39. The van der Waals surface area contributed by atoms with E-state index in [1.165, 1.54) is 4.90 Å². The summed E-state index contributed by atoms with van der Waals surface area (Å²) in [4.78, 5) is 25.3. The molecule has 5 heteroatoms. The summed E-state index contributed by atoms with van der Waals surface area (Å²) in [5.74, 6) is -0.427. The number of nitrogens with two attached hydrogens (primary N) is 1. The summed E-state index contributed by atoms with van der Waals surface area (Å²) in [6.45, 7) is 0.805. The third kappa shape index (κ3) is 2.40. The third-order valence-electron chi connectivity index (χ3n) is 3.03. The van der Waals surface area contributed by atoms with Crippen molar-refractivity contribution in [1.29, 1.82) is 0 Å². The van der Waals surface area contributed by atoms with Gasteiger partial charge in [0.1, 0.15) is 0 Å². The molecule has 0 spiro atoms. The zero-order valence-electron chi connectivity index (χ0n) is 9.93. The Morgan fingerprint density at radius 2 is 1.72 bits per heavy atom. The van der Waals surface area contributed by atoms with E-state index in [0.717, 1.165) is 0 Å². The number of hydrogen-bond acceptors (Lipinski definition) is 3. The fourth-order valence-electron chi connectivity index (χ4n) is 2.03. The van der Waals surface area contributed by atoms with Crippen LogP contribution in [-0.2, 0) is 0 Å². The molecule has 1 unspecified atom stereocenters. The van der Waals surface area contributed by atoms with Crippen LogP contribution in [0.25, 0.3) is 0 Å². The molecule has 0 bridgehead atoms. The Balaban J connectivity index is 2.01. The Kier molecular flexibility index (Phi) is 3.99. The van der Waals surface area contributed by atoms with E-state index < -0.39 is 0 Å². The van der Waals surface area contributed by atoms with Gasteiger partial charge in [0.25, 0.3) is 11.8 Å². The van der Waals surface area contributed by atoms with Crippen molar-refractivity contribution in [3.8, 4) is 0 Å². The van der Waals surface area contributed by atoms with Gasteiger partial charge in [-0.1, -0.05) is 12.1 Å². The summed E-state index contributed by atoms with van der Waals surface area (Å²) in [6.07, 6.45) is 1.38. The first-order valence-corrected chi connectivity index (χ1v) is 6.38. The number of rotatable bonds is 5. The fourth-order valence-corrected chi connectivity index (χ4v) is 2.19. The first-order valence-electron chi connectivity index (χ1n) is 5.94. The molecule has 1 aliphatic rings. The lowest BCUT2D eigenvalue weighted by Crippen LogP contribution is -2.31. The standard InChI is InChI=1S/C13H15ClN2O2/c14-9(8-15)4-3-7-16-12(17)10-5-1-2-6-11(10)13(16)18/h1-2,5-6,9H,3-4,7-8,15H2. The minimum atomic E-state index is -0.213. The van der Waals surface area contributed by atoms with Crippen LogP contribution in [0.2, 0.25) is 0 Å². The monoisotopic (exact) mass is 266 g/mol. The highest BCUT2D eigenvalue weighted by molar-refractivity contribution is 6.21. The number of amides is 2. The molecular formula is C13H15ClN2O2. The minimum absolute atomic E-state index is 0.0971. The van der Waals surface area contributed by atoms with Crippen LogP contribution in [0.1, 0.15) is 33.6 Å². The normalized spacial score (nSPS) is 16.0. The van der Waals surface area contributed by atoms with E-state index in [9.17, 15) is 9.59 Å². The van der Waals surface area contributed by atoms with E-state index in [0.29, 0.717) is 37.1 Å². The summed E-state index contributed by atoms with van der Waals surface area (Å²) in [6, 6.07) is 6.88. The number of nitrogens with zero attached hydrogens (tertiary/aromatic N) is 1. The Labute approximate surface area is 111 Å². The number of carbonyl (C=O) groups is 2. The topological polar surface area (TPSA) is 63.4 Å². The van der Waals surface area contributed by atoms with Crippen LogP contribution in [0.5, 0.6) is 0 Å². The van der Waals surface area contributed by atoms with Gasteiger partial charge in [-0.2, -0.15) is 0 Å². The van der Waals surface area contributed by atoms with Crippen molar-refractivity contribution < 1.29 is 9.59 Å². The molecule has 1 aliphatic heterocycles. The highest BCUT2D eigenvalue weighted by Crippen LogP contribution is 2.22. The van der Waals surface area contributed by atoms with E-state index in [1.54, 1.807) is 24.3 Å². The van der Waals surface area contributed by atoms with Gasteiger partial charge in [0.2, 0.25) is 0 Å². The zero-order chi connectivity index (χ0) is 13.1. The Morgan fingerprint density at radius 1 is 1.17 bits per heavy atom. The van der Waals surface area contributed by atoms with Gasteiger partial charge < -0.3 is 5.73 Å². The first kappa shape index (κ1) is 13.1. The lowest BCUT2D eigenvalue weighted by atomic mass is 10.1. The molecular weight excluding hydrogens is 252 g/mol. The molecule has 2 rings (SSSR count). The maximum atomic E-state index is 12.0.